The maximum absolute atomic E-state index is 13.4. The van der Waals surface area contributed by atoms with Gasteiger partial charge in [-0.1, -0.05) is 6.07 Å². The van der Waals surface area contributed by atoms with Gasteiger partial charge in [-0.3, -0.25) is 4.79 Å². The molecule has 4 unspecified atom stereocenters. The minimum atomic E-state index is -1.18. The number of amides is 1. The molecule has 9 nitrogen and oxygen atoms in total. The smallest absolute Gasteiger partial charge is 0.250 e. The van der Waals surface area contributed by atoms with Crippen LogP contribution in [0.2, 0.25) is 0 Å². The van der Waals surface area contributed by atoms with Gasteiger partial charge >= 0.3 is 0 Å². The zero-order valence-corrected chi connectivity index (χ0v) is 19.0. The molecular weight excluding hydrogens is 466 g/mol. The third-order valence-corrected chi connectivity index (χ3v) is 5.80. The summed E-state index contributed by atoms with van der Waals surface area (Å²) in [7, 11) is 1.54. The van der Waals surface area contributed by atoms with Crippen LogP contribution in [-0.2, 0) is 11.3 Å². The molecule has 11 heteroatoms. The highest BCUT2D eigenvalue weighted by Crippen LogP contribution is 2.27. The Hall–Kier alpha value is -3.09. The van der Waals surface area contributed by atoms with Crippen molar-refractivity contribution in [3.8, 4) is 5.75 Å². The zero-order valence-electron chi connectivity index (χ0n) is 19.0. The summed E-state index contributed by atoms with van der Waals surface area (Å²) >= 11 is 0. The molecule has 1 aliphatic rings. The quantitative estimate of drug-likeness (QED) is 0.345. The van der Waals surface area contributed by atoms with Crippen LogP contribution < -0.4 is 10.5 Å². The highest BCUT2D eigenvalue weighted by Gasteiger charge is 2.35. The van der Waals surface area contributed by atoms with Crippen molar-refractivity contribution in [3.05, 3.63) is 65.4 Å². The standard InChI is InChI=1S/C17H14F2N2O2.C7H14O5/c1-23-11-3-4-12-13(17(20)22)9-21(16(12)7-11)8-10-2-5-14(18)15(19)6-10;8-2-4-1-6(10)5(3-9)7(11)12-4/h2-7,9H,8H2,1H3,(H2,20,22);4-11H,1-3H2. The van der Waals surface area contributed by atoms with Crippen LogP contribution in [0.3, 0.4) is 0 Å². The SMILES string of the molecule is COc1ccc2c(C(N)=O)cn(Cc3ccc(F)c(F)c3)c2c1.OCC1CC(O)C(CO)C(O)O1. The van der Waals surface area contributed by atoms with Gasteiger partial charge in [0.25, 0.3) is 5.91 Å². The van der Waals surface area contributed by atoms with Crippen LogP contribution in [0.25, 0.3) is 10.9 Å². The summed E-state index contributed by atoms with van der Waals surface area (Å²) < 4.78 is 38.3. The Kier molecular flexibility index (Phi) is 8.76. The molecule has 190 valence electrons. The molecule has 2 aromatic carbocycles. The Bertz CT molecular complexity index is 1160. The van der Waals surface area contributed by atoms with Gasteiger partial charge in [0.2, 0.25) is 0 Å². The molecule has 1 amide bonds. The van der Waals surface area contributed by atoms with Crippen molar-refractivity contribution < 1.29 is 43.5 Å². The van der Waals surface area contributed by atoms with Gasteiger partial charge in [-0.15, -0.1) is 0 Å². The predicted molar refractivity (Wildman–Crippen MR) is 122 cm³/mol. The summed E-state index contributed by atoms with van der Waals surface area (Å²) in [6.07, 6.45) is -0.670. The van der Waals surface area contributed by atoms with Gasteiger partial charge < -0.3 is 40.2 Å². The fraction of sp³-hybridized carbons (Fsp3) is 0.375. The van der Waals surface area contributed by atoms with Crippen LogP contribution in [0.5, 0.6) is 5.75 Å². The number of carbonyl (C=O) groups excluding carboxylic acids is 1. The van der Waals surface area contributed by atoms with E-state index in [-0.39, 0.29) is 26.2 Å². The number of fused-ring (bicyclic) bond motifs is 1. The van der Waals surface area contributed by atoms with Gasteiger partial charge in [0.1, 0.15) is 5.75 Å². The second-order valence-electron chi connectivity index (χ2n) is 8.15. The van der Waals surface area contributed by atoms with Crippen molar-refractivity contribution in [1.29, 1.82) is 0 Å². The molecule has 1 saturated heterocycles. The van der Waals surface area contributed by atoms with Crippen molar-refractivity contribution in [2.45, 2.75) is 31.5 Å². The van der Waals surface area contributed by atoms with Gasteiger partial charge in [0, 0.05) is 30.6 Å². The summed E-state index contributed by atoms with van der Waals surface area (Å²) in [6.45, 7) is -0.277. The number of aliphatic hydroxyl groups excluding tert-OH is 4. The lowest BCUT2D eigenvalue weighted by Gasteiger charge is -2.35. The normalized spacial score (nSPS) is 21.9. The Morgan fingerprint density at radius 1 is 1.14 bits per heavy atom. The number of halogens is 2. The number of benzene rings is 2. The highest BCUT2D eigenvalue weighted by molar-refractivity contribution is 6.06. The van der Waals surface area contributed by atoms with Gasteiger partial charge in [-0.2, -0.15) is 0 Å². The molecule has 1 fully saturated rings. The van der Waals surface area contributed by atoms with Gasteiger partial charge in [-0.05, 0) is 29.8 Å². The van der Waals surface area contributed by atoms with Crippen LogP contribution in [0.1, 0.15) is 22.3 Å². The minimum absolute atomic E-state index is 0.230. The van der Waals surface area contributed by atoms with Crippen LogP contribution in [-0.4, -0.2) is 69.7 Å². The molecule has 0 saturated carbocycles. The number of primary amides is 1. The number of methoxy groups -OCH3 is 1. The first-order valence-electron chi connectivity index (χ1n) is 10.8. The summed E-state index contributed by atoms with van der Waals surface area (Å²) in [5, 5.41) is 36.6. The number of ether oxygens (including phenoxy) is 2. The van der Waals surface area contributed by atoms with Gasteiger partial charge in [-0.25, -0.2) is 8.78 Å². The van der Waals surface area contributed by atoms with Crippen LogP contribution in [0.15, 0.2) is 42.6 Å². The van der Waals surface area contributed by atoms with Crippen molar-refractivity contribution in [1.82, 2.24) is 4.57 Å². The van der Waals surface area contributed by atoms with Gasteiger partial charge in [0.15, 0.2) is 17.9 Å². The molecule has 4 atom stereocenters. The molecule has 4 rings (SSSR count). The molecule has 6 N–H and O–H groups in total. The maximum Gasteiger partial charge on any atom is 0.250 e. The molecule has 0 radical (unpaired) electrons. The zero-order chi connectivity index (χ0) is 25.7. The first kappa shape index (κ1) is 26.5. The van der Waals surface area contributed by atoms with Crippen LogP contribution in [0, 0.1) is 17.6 Å². The summed E-state index contributed by atoms with van der Waals surface area (Å²) in [5.74, 6) is -2.40. The van der Waals surface area contributed by atoms with Crippen molar-refractivity contribution in [2.75, 3.05) is 20.3 Å². The number of nitrogens with two attached hydrogens (primary N) is 1. The first-order valence-corrected chi connectivity index (χ1v) is 10.8. The Balaban J connectivity index is 0.000000241. The van der Waals surface area contributed by atoms with Crippen LogP contribution in [0.4, 0.5) is 8.78 Å². The number of rotatable bonds is 6. The molecule has 0 bridgehead atoms. The van der Waals surface area contributed by atoms with E-state index >= 15 is 0 Å². The Morgan fingerprint density at radius 2 is 1.89 bits per heavy atom. The fourth-order valence-electron chi connectivity index (χ4n) is 3.88. The van der Waals surface area contributed by atoms with E-state index < -0.39 is 42.0 Å². The molecule has 0 spiro atoms. The van der Waals surface area contributed by atoms with E-state index in [0.29, 0.717) is 22.3 Å². The average Bonchev–Trinajstić information content (AvgIpc) is 3.19. The first-order chi connectivity index (χ1) is 16.7. The molecule has 1 aliphatic heterocycles. The summed E-state index contributed by atoms with van der Waals surface area (Å²) in [5.41, 5.74) is 7.07. The lowest BCUT2D eigenvalue weighted by atomic mass is 9.94. The lowest BCUT2D eigenvalue weighted by molar-refractivity contribution is -0.237. The van der Waals surface area contributed by atoms with E-state index in [2.05, 4.69) is 0 Å². The summed E-state index contributed by atoms with van der Waals surface area (Å²) in [6, 6.07) is 8.94. The van der Waals surface area contributed by atoms with E-state index in [1.165, 1.54) is 6.07 Å². The van der Waals surface area contributed by atoms with Crippen molar-refractivity contribution in [2.24, 2.45) is 11.7 Å². The topological polar surface area (TPSA) is 147 Å². The fourth-order valence-corrected chi connectivity index (χ4v) is 3.88. The molecule has 35 heavy (non-hydrogen) atoms. The minimum Gasteiger partial charge on any atom is -0.497 e. The molecule has 0 aliphatic carbocycles. The number of aromatic nitrogens is 1. The number of hydrogen-bond acceptors (Lipinski definition) is 7. The molecule has 1 aromatic heterocycles. The third kappa shape index (κ3) is 6.13. The summed E-state index contributed by atoms with van der Waals surface area (Å²) in [4.78, 5) is 11.6. The van der Waals surface area contributed by atoms with Crippen molar-refractivity contribution in [3.63, 3.8) is 0 Å². The monoisotopic (exact) mass is 494 g/mol. The average molecular weight is 494 g/mol. The largest absolute Gasteiger partial charge is 0.497 e. The molecule has 2 heterocycles. The highest BCUT2D eigenvalue weighted by atomic mass is 19.2. The van der Waals surface area contributed by atoms with E-state index in [9.17, 15) is 23.8 Å². The van der Waals surface area contributed by atoms with Crippen LogP contribution >= 0.6 is 0 Å². The van der Waals surface area contributed by atoms with Gasteiger partial charge in [0.05, 0.1) is 49.5 Å². The number of hydrogen-bond donors (Lipinski definition) is 5. The third-order valence-electron chi connectivity index (χ3n) is 5.80. The number of carbonyl (C=O) groups is 1. The van der Waals surface area contributed by atoms with Crippen molar-refractivity contribution >= 4 is 16.8 Å². The van der Waals surface area contributed by atoms with E-state index in [1.54, 1.807) is 36.1 Å². The second kappa shape index (κ2) is 11.6. The second-order valence-corrected chi connectivity index (χ2v) is 8.15. The maximum atomic E-state index is 13.4. The Morgan fingerprint density at radius 3 is 2.46 bits per heavy atom. The van der Waals surface area contributed by atoms with E-state index in [0.717, 1.165) is 17.6 Å². The molecular formula is C24H28F2N2O7. The predicted octanol–water partition coefficient (Wildman–Crippen LogP) is 1.13. The molecule has 3 aromatic rings. The lowest BCUT2D eigenvalue weighted by Crippen LogP contribution is -2.46. The number of aliphatic hydroxyl groups is 4. The van der Waals surface area contributed by atoms with E-state index in [4.69, 9.17) is 25.4 Å². The number of nitrogens with zero attached hydrogens (tertiary/aromatic N) is 1. The Labute approximate surface area is 199 Å². The van der Waals surface area contributed by atoms with E-state index in [1.807, 2.05) is 0 Å².